The van der Waals surface area contributed by atoms with Crippen LogP contribution >= 0.6 is 0 Å². The van der Waals surface area contributed by atoms with Gasteiger partial charge in [0.15, 0.2) is 0 Å². The fraction of sp³-hybridized carbons (Fsp3) is 0.278. The molecule has 1 amide bonds. The van der Waals surface area contributed by atoms with E-state index in [-0.39, 0.29) is 17.5 Å². The molecular formula is C18H18N2O3. The molecule has 0 aromatic heterocycles. The van der Waals surface area contributed by atoms with Gasteiger partial charge in [0.25, 0.3) is 5.69 Å². The largest absolute Gasteiger partial charge is 0.326 e. The van der Waals surface area contributed by atoms with Gasteiger partial charge >= 0.3 is 0 Å². The lowest BCUT2D eigenvalue weighted by Crippen LogP contribution is -2.14. The van der Waals surface area contributed by atoms with Crippen molar-refractivity contribution in [2.75, 3.05) is 5.32 Å². The number of carbonyl (C=O) groups excluding carboxylic acids is 1. The van der Waals surface area contributed by atoms with Crippen molar-refractivity contribution in [1.82, 2.24) is 0 Å². The van der Waals surface area contributed by atoms with Crippen molar-refractivity contribution in [3.05, 3.63) is 69.3 Å². The lowest BCUT2D eigenvalue weighted by molar-refractivity contribution is -0.385. The minimum atomic E-state index is -0.432. The third kappa shape index (κ3) is 3.23. The van der Waals surface area contributed by atoms with E-state index in [0.717, 1.165) is 12.8 Å². The number of aryl methyl sites for hydroxylation is 2. The Bertz CT molecular complexity index is 771. The highest BCUT2D eigenvalue weighted by Crippen LogP contribution is 2.35. The van der Waals surface area contributed by atoms with Gasteiger partial charge < -0.3 is 5.32 Å². The Kier molecular flexibility index (Phi) is 4.10. The number of rotatable bonds is 4. The summed E-state index contributed by atoms with van der Waals surface area (Å²) in [6.07, 6.45) is 2.38. The number of nitrogens with one attached hydrogen (secondary N) is 1. The molecule has 1 aliphatic rings. The summed E-state index contributed by atoms with van der Waals surface area (Å²) in [7, 11) is 0. The molecule has 5 nitrogen and oxygen atoms in total. The Morgan fingerprint density at radius 3 is 2.87 bits per heavy atom. The number of nitrogens with zero attached hydrogens (tertiary/aromatic N) is 1. The van der Waals surface area contributed by atoms with Gasteiger partial charge in [-0.15, -0.1) is 0 Å². The predicted molar refractivity (Wildman–Crippen MR) is 88.6 cm³/mol. The summed E-state index contributed by atoms with van der Waals surface area (Å²) in [5, 5.41) is 13.7. The Morgan fingerprint density at radius 2 is 2.09 bits per heavy atom. The molecule has 5 heteroatoms. The lowest BCUT2D eigenvalue weighted by Gasteiger charge is -2.12. The second-order valence-corrected chi connectivity index (χ2v) is 5.95. The Labute approximate surface area is 134 Å². The van der Waals surface area contributed by atoms with Gasteiger partial charge in [0.05, 0.1) is 4.92 Å². The van der Waals surface area contributed by atoms with E-state index >= 15 is 0 Å². The zero-order valence-electron chi connectivity index (χ0n) is 12.9. The standard InChI is InChI=1S/C18H18N2O3/c1-12-6-9-15(11-17(12)20(22)23)19-18(21)10-14-8-7-13-4-2-3-5-16(13)14/h2-6,9,11,14H,7-8,10H2,1H3,(H,19,21). The fourth-order valence-electron chi connectivity index (χ4n) is 3.18. The summed E-state index contributed by atoms with van der Waals surface area (Å²) >= 11 is 0. The van der Waals surface area contributed by atoms with Crippen molar-refractivity contribution in [2.24, 2.45) is 0 Å². The van der Waals surface area contributed by atoms with Gasteiger partial charge in [0.1, 0.15) is 0 Å². The zero-order valence-corrected chi connectivity index (χ0v) is 12.9. The van der Waals surface area contributed by atoms with E-state index in [9.17, 15) is 14.9 Å². The van der Waals surface area contributed by atoms with Crippen molar-refractivity contribution in [2.45, 2.75) is 32.1 Å². The zero-order chi connectivity index (χ0) is 16.4. The Morgan fingerprint density at radius 1 is 1.30 bits per heavy atom. The van der Waals surface area contributed by atoms with Crippen molar-refractivity contribution in [3.8, 4) is 0 Å². The summed E-state index contributed by atoms with van der Waals surface area (Å²) in [4.78, 5) is 22.8. The number of amides is 1. The molecule has 2 aromatic carbocycles. The molecule has 1 N–H and O–H groups in total. The first-order chi connectivity index (χ1) is 11.0. The number of nitro benzene ring substituents is 1. The predicted octanol–water partition coefficient (Wildman–Crippen LogP) is 3.96. The normalized spacial score (nSPS) is 16.0. The van der Waals surface area contributed by atoms with Crippen LogP contribution in [0.4, 0.5) is 11.4 Å². The maximum Gasteiger partial charge on any atom is 0.274 e. The van der Waals surface area contributed by atoms with Crippen LogP contribution in [0.25, 0.3) is 0 Å². The van der Waals surface area contributed by atoms with Crippen LogP contribution in [0.5, 0.6) is 0 Å². The van der Waals surface area contributed by atoms with Gasteiger partial charge in [-0.3, -0.25) is 14.9 Å². The van der Waals surface area contributed by atoms with Crippen molar-refractivity contribution in [3.63, 3.8) is 0 Å². The minimum absolute atomic E-state index is 0.0222. The van der Waals surface area contributed by atoms with E-state index in [2.05, 4.69) is 17.4 Å². The summed E-state index contributed by atoms with van der Waals surface area (Å²) in [5.74, 6) is 0.122. The molecule has 118 valence electrons. The summed E-state index contributed by atoms with van der Waals surface area (Å²) in [5.41, 5.74) is 3.64. The molecule has 0 saturated carbocycles. The molecular weight excluding hydrogens is 292 g/mol. The lowest BCUT2D eigenvalue weighted by atomic mass is 9.97. The number of hydrogen-bond donors (Lipinski definition) is 1. The van der Waals surface area contributed by atoms with Crippen LogP contribution in [0.3, 0.4) is 0 Å². The molecule has 2 aromatic rings. The van der Waals surface area contributed by atoms with Crippen LogP contribution in [0.2, 0.25) is 0 Å². The quantitative estimate of drug-likeness (QED) is 0.686. The van der Waals surface area contributed by atoms with Crippen LogP contribution in [-0.2, 0) is 11.2 Å². The first-order valence-corrected chi connectivity index (χ1v) is 7.67. The molecule has 1 aliphatic carbocycles. The minimum Gasteiger partial charge on any atom is -0.326 e. The first-order valence-electron chi connectivity index (χ1n) is 7.67. The molecule has 0 aliphatic heterocycles. The second kappa shape index (κ2) is 6.20. The fourth-order valence-corrected chi connectivity index (χ4v) is 3.18. The highest BCUT2D eigenvalue weighted by Gasteiger charge is 2.24. The van der Waals surface area contributed by atoms with Crippen LogP contribution in [0.15, 0.2) is 42.5 Å². The molecule has 0 fully saturated rings. The van der Waals surface area contributed by atoms with Crippen LogP contribution < -0.4 is 5.32 Å². The molecule has 0 spiro atoms. The molecule has 23 heavy (non-hydrogen) atoms. The van der Waals surface area contributed by atoms with Gasteiger partial charge in [-0.2, -0.15) is 0 Å². The Balaban J connectivity index is 1.69. The number of anilines is 1. The second-order valence-electron chi connectivity index (χ2n) is 5.95. The molecule has 0 saturated heterocycles. The number of benzene rings is 2. The van der Waals surface area contributed by atoms with Gasteiger partial charge in [-0.05, 0) is 42.9 Å². The highest BCUT2D eigenvalue weighted by atomic mass is 16.6. The summed E-state index contributed by atoms with van der Waals surface area (Å²) in [6.45, 7) is 1.68. The van der Waals surface area contributed by atoms with E-state index in [1.165, 1.54) is 17.2 Å². The number of fused-ring (bicyclic) bond motifs is 1. The van der Waals surface area contributed by atoms with E-state index in [1.54, 1.807) is 19.1 Å². The van der Waals surface area contributed by atoms with E-state index in [0.29, 0.717) is 17.7 Å². The number of carbonyl (C=O) groups is 1. The number of nitro groups is 1. The summed E-state index contributed by atoms with van der Waals surface area (Å²) < 4.78 is 0. The smallest absolute Gasteiger partial charge is 0.274 e. The van der Waals surface area contributed by atoms with Crippen molar-refractivity contribution < 1.29 is 9.72 Å². The molecule has 1 unspecified atom stereocenters. The maximum atomic E-state index is 12.3. The maximum absolute atomic E-state index is 12.3. The molecule has 3 rings (SSSR count). The first kappa shape index (κ1) is 15.2. The SMILES string of the molecule is Cc1ccc(NC(=O)CC2CCc3ccccc32)cc1[N+](=O)[O-]. The third-order valence-electron chi connectivity index (χ3n) is 4.38. The van der Waals surface area contributed by atoms with Crippen molar-refractivity contribution in [1.29, 1.82) is 0 Å². The number of hydrogen-bond acceptors (Lipinski definition) is 3. The van der Waals surface area contributed by atoms with Crippen molar-refractivity contribution >= 4 is 17.3 Å². The van der Waals surface area contributed by atoms with E-state index in [4.69, 9.17) is 0 Å². The van der Waals surface area contributed by atoms with Gasteiger partial charge in [0.2, 0.25) is 5.91 Å². The monoisotopic (exact) mass is 310 g/mol. The Hall–Kier alpha value is -2.69. The van der Waals surface area contributed by atoms with Crippen LogP contribution in [0.1, 0.15) is 35.4 Å². The van der Waals surface area contributed by atoms with Gasteiger partial charge in [-0.25, -0.2) is 0 Å². The van der Waals surface area contributed by atoms with Crippen LogP contribution in [-0.4, -0.2) is 10.8 Å². The molecule has 0 heterocycles. The van der Waals surface area contributed by atoms with E-state index in [1.807, 2.05) is 12.1 Å². The third-order valence-corrected chi connectivity index (χ3v) is 4.38. The van der Waals surface area contributed by atoms with E-state index < -0.39 is 4.92 Å². The topological polar surface area (TPSA) is 72.2 Å². The average molecular weight is 310 g/mol. The van der Waals surface area contributed by atoms with Gasteiger partial charge in [0, 0.05) is 23.7 Å². The van der Waals surface area contributed by atoms with Gasteiger partial charge in [-0.1, -0.05) is 30.3 Å². The average Bonchev–Trinajstić information content (AvgIpc) is 2.92. The molecule has 1 atom stereocenters. The molecule has 0 radical (unpaired) electrons. The summed E-state index contributed by atoms with van der Waals surface area (Å²) in [6, 6.07) is 13.0. The van der Waals surface area contributed by atoms with Crippen LogP contribution in [0, 0.1) is 17.0 Å². The molecule has 0 bridgehead atoms. The highest BCUT2D eigenvalue weighted by molar-refractivity contribution is 5.91.